The number of nitrogens with zero attached hydrogens (tertiary/aromatic N) is 1. The van der Waals surface area contributed by atoms with Crippen molar-refractivity contribution < 1.29 is 0 Å². The first-order valence-corrected chi connectivity index (χ1v) is 27.5. The highest BCUT2D eigenvalue weighted by Gasteiger charge is 2.53. The molecule has 0 radical (unpaired) electrons. The number of allylic oxidation sites excluding steroid dienone is 8. The summed E-state index contributed by atoms with van der Waals surface area (Å²) in [7, 11) is 0. The predicted molar refractivity (Wildman–Crippen MR) is 300 cm³/mol. The second kappa shape index (κ2) is 15.0. The molecule has 1 nitrogen and oxygen atoms in total. The normalized spacial score (nSPS) is 20.8. The minimum Gasteiger partial charge on any atom is -0.310 e. The zero-order chi connectivity index (χ0) is 46.6. The lowest BCUT2D eigenvalue weighted by Crippen LogP contribution is -2.33. The van der Waals surface area contributed by atoms with Crippen molar-refractivity contribution in [3.05, 3.63) is 268 Å². The van der Waals surface area contributed by atoms with Gasteiger partial charge in [-0.1, -0.05) is 182 Å². The van der Waals surface area contributed by atoms with Crippen LogP contribution in [0.4, 0.5) is 17.1 Å². The van der Waals surface area contributed by atoms with Crippen LogP contribution in [0.1, 0.15) is 70.7 Å². The van der Waals surface area contributed by atoms with Gasteiger partial charge in [0.2, 0.25) is 0 Å². The van der Waals surface area contributed by atoms with Gasteiger partial charge in [-0.15, -0.1) is 11.3 Å². The summed E-state index contributed by atoms with van der Waals surface area (Å²) in [6.45, 7) is 2.37. The van der Waals surface area contributed by atoms with Crippen LogP contribution < -0.4 is 4.90 Å². The van der Waals surface area contributed by atoms with Gasteiger partial charge >= 0.3 is 0 Å². The molecule has 0 saturated heterocycles. The Labute approximate surface area is 426 Å². The maximum absolute atomic E-state index is 2.62. The highest BCUT2D eigenvalue weighted by atomic mass is 32.2. The standard InChI is InChI=1S/C67H45NS3/c1-40-29-33-53-49(37-40)47-19-6-10-23-52(47)67(53)55-34-30-41-15-2-3-16-44(41)65(55)71-62-36-32-43(39-57(62)67)68(58-25-14-28-63-64(58)48-20-7-12-26-59(48)69-63)42-31-35-61-56(38-42)66(54-24-11-13-27-60(54)70-61)50-21-8-4-17-45(50)46-18-5-9-22-51(46)66/h2-4,6-17,19-36,38-40H,5,18,37H2,1H3. The molecule has 2 aliphatic heterocycles. The third kappa shape index (κ3) is 5.35. The average Bonchev–Trinajstić information content (AvgIpc) is 4.05. The summed E-state index contributed by atoms with van der Waals surface area (Å²) < 4.78 is 2.61. The first-order valence-electron chi connectivity index (χ1n) is 25.1. The number of rotatable bonds is 3. The van der Waals surface area contributed by atoms with Crippen LogP contribution in [0.5, 0.6) is 0 Å². The van der Waals surface area contributed by atoms with Crippen molar-refractivity contribution in [1.29, 1.82) is 0 Å². The van der Waals surface area contributed by atoms with Crippen LogP contribution in [0.15, 0.2) is 243 Å². The predicted octanol–water partition coefficient (Wildman–Crippen LogP) is 18.8. The van der Waals surface area contributed by atoms with Crippen LogP contribution in [-0.2, 0) is 10.8 Å². The van der Waals surface area contributed by atoms with Gasteiger partial charge in [0.1, 0.15) is 0 Å². The number of benzene rings is 9. The van der Waals surface area contributed by atoms with Crippen LogP contribution >= 0.6 is 34.9 Å². The van der Waals surface area contributed by atoms with E-state index in [2.05, 4.69) is 224 Å². The van der Waals surface area contributed by atoms with Gasteiger partial charge < -0.3 is 4.90 Å². The maximum atomic E-state index is 2.62. The van der Waals surface area contributed by atoms with Gasteiger partial charge in [-0.25, -0.2) is 0 Å². The Balaban J connectivity index is 1.000. The number of hydrogen-bond acceptors (Lipinski definition) is 4. The lowest BCUT2D eigenvalue weighted by atomic mass is 9.65. The molecule has 1 aromatic heterocycles. The lowest BCUT2D eigenvalue weighted by Gasteiger charge is -2.42. The van der Waals surface area contributed by atoms with E-state index in [1.807, 2.05) is 34.9 Å². The smallest absolute Gasteiger partial charge is 0.0733 e. The topological polar surface area (TPSA) is 3.24 Å². The molecule has 0 amide bonds. The van der Waals surface area contributed by atoms with Crippen molar-refractivity contribution in [1.82, 2.24) is 0 Å². The quantitative estimate of drug-likeness (QED) is 0.174. The molecule has 0 fully saturated rings. The largest absolute Gasteiger partial charge is 0.310 e. The zero-order valence-electron chi connectivity index (χ0n) is 39.1. The van der Waals surface area contributed by atoms with Gasteiger partial charge in [-0.2, -0.15) is 0 Å². The zero-order valence-corrected chi connectivity index (χ0v) is 41.5. The first kappa shape index (κ1) is 40.6. The Morgan fingerprint density at radius 2 is 1.13 bits per heavy atom. The van der Waals surface area contributed by atoms with E-state index >= 15 is 0 Å². The summed E-state index contributed by atoms with van der Waals surface area (Å²) >= 11 is 5.78. The van der Waals surface area contributed by atoms with E-state index in [1.54, 1.807) is 0 Å². The van der Waals surface area contributed by atoms with Crippen molar-refractivity contribution in [2.45, 2.75) is 56.6 Å². The minimum atomic E-state index is -0.505. The summed E-state index contributed by atoms with van der Waals surface area (Å²) in [6, 6.07) is 72.6. The summed E-state index contributed by atoms with van der Waals surface area (Å²) in [5.41, 5.74) is 19.5. The Kier molecular flexibility index (Phi) is 8.57. The van der Waals surface area contributed by atoms with Gasteiger partial charge in [0.15, 0.2) is 0 Å². The fourth-order valence-electron chi connectivity index (χ4n) is 13.8. The summed E-state index contributed by atoms with van der Waals surface area (Å²) in [6.07, 6.45) is 13.0. The molecule has 4 heteroatoms. The third-order valence-electron chi connectivity index (χ3n) is 16.6. The Bertz CT molecular complexity index is 4140. The van der Waals surface area contributed by atoms with Crippen molar-refractivity contribution >= 4 is 94.0 Å². The molecule has 4 aliphatic carbocycles. The van der Waals surface area contributed by atoms with Crippen molar-refractivity contribution in [3.8, 4) is 0 Å². The molecule has 6 aliphatic rings. The Morgan fingerprint density at radius 1 is 0.493 bits per heavy atom. The van der Waals surface area contributed by atoms with E-state index < -0.39 is 10.8 Å². The number of thiophene rings is 1. The molecule has 2 spiro atoms. The monoisotopic (exact) mass is 959 g/mol. The fourth-order valence-corrected chi connectivity index (χ4v) is 17.4. The second-order valence-corrected chi connectivity index (χ2v) is 23.4. The highest BCUT2D eigenvalue weighted by molar-refractivity contribution is 8.00. The molecular formula is C67H45NS3. The van der Waals surface area contributed by atoms with Gasteiger partial charge in [0.25, 0.3) is 0 Å². The molecule has 16 rings (SSSR count). The molecule has 71 heavy (non-hydrogen) atoms. The number of hydrogen-bond donors (Lipinski definition) is 0. The van der Waals surface area contributed by atoms with E-state index in [1.165, 1.54) is 129 Å². The molecule has 0 N–H and O–H groups in total. The summed E-state index contributed by atoms with van der Waals surface area (Å²) in [5, 5.41) is 5.20. The van der Waals surface area contributed by atoms with E-state index in [4.69, 9.17) is 0 Å². The van der Waals surface area contributed by atoms with Crippen molar-refractivity contribution in [2.24, 2.45) is 5.92 Å². The molecule has 3 atom stereocenters. The molecule has 10 aromatic rings. The number of fused-ring (bicyclic) bond motifs is 21. The Hall–Kier alpha value is -7.08. The molecule has 0 saturated carbocycles. The molecule has 3 unspecified atom stereocenters. The van der Waals surface area contributed by atoms with Crippen molar-refractivity contribution in [3.63, 3.8) is 0 Å². The molecule has 3 heterocycles. The van der Waals surface area contributed by atoms with Crippen LogP contribution in [0.25, 0.3) is 42.1 Å². The molecular weight excluding hydrogens is 915 g/mol. The first-order chi connectivity index (χ1) is 35.1. The van der Waals surface area contributed by atoms with Gasteiger partial charge in [0, 0.05) is 51.1 Å². The van der Waals surface area contributed by atoms with E-state index in [0.717, 1.165) is 24.9 Å². The number of anilines is 3. The van der Waals surface area contributed by atoms with Gasteiger partial charge in [-0.3, -0.25) is 0 Å². The molecule has 9 aromatic carbocycles. The van der Waals surface area contributed by atoms with Crippen LogP contribution in [0.3, 0.4) is 0 Å². The van der Waals surface area contributed by atoms with Crippen LogP contribution in [0.2, 0.25) is 0 Å². The summed E-state index contributed by atoms with van der Waals surface area (Å²) in [5.74, 6) is 0.466. The minimum absolute atomic E-state index is 0.452. The summed E-state index contributed by atoms with van der Waals surface area (Å²) in [4.78, 5) is 7.96. The van der Waals surface area contributed by atoms with Gasteiger partial charge in [-0.05, 0) is 163 Å². The van der Waals surface area contributed by atoms with Crippen molar-refractivity contribution in [2.75, 3.05) is 4.90 Å². The second-order valence-electron chi connectivity index (χ2n) is 20.2. The third-order valence-corrected chi connectivity index (χ3v) is 20.1. The van der Waals surface area contributed by atoms with E-state index in [-0.39, 0.29) is 0 Å². The van der Waals surface area contributed by atoms with Crippen LogP contribution in [-0.4, -0.2) is 0 Å². The lowest BCUT2D eigenvalue weighted by molar-refractivity contribution is 0.696. The molecule has 336 valence electrons. The van der Waals surface area contributed by atoms with Crippen LogP contribution in [0, 0.1) is 5.92 Å². The Morgan fingerprint density at radius 3 is 1.94 bits per heavy atom. The average molecular weight is 960 g/mol. The van der Waals surface area contributed by atoms with E-state index in [9.17, 15) is 0 Å². The molecule has 0 bridgehead atoms. The fraction of sp³-hybridized carbons (Fsp3) is 0.104. The van der Waals surface area contributed by atoms with E-state index in [0.29, 0.717) is 5.92 Å². The maximum Gasteiger partial charge on any atom is 0.0733 e. The van der Waals surface area contributed by atoms with Gasteiger partial charge in [0.05, 0.1) is 16.5 Å². The highest BCUT2D eigenvalue weighted by Crippen LogP contribution is 2.66. The SMILES string of the molecule is CC1C=CC2=C(C1)c1ccccc1C21c2cc(N(c3ccc4c(c3)C3(C5=C(CCC=C5)c5ccccc53)c3ccccc3S4)c3cccc4sc5ccccc5c34)ccc2Sc2c1ccc1ccccc21.